The highest BCUT2D eigenvalue weighted by molar-refractivity contribution is 5.94. The SMILES string of the molecule is CC(NC(=O)c1ccc(OC(F)(F)F)cc1)c1ccc(N)cc1. The Hall–Kier alpha value is -2.70. The van der Waals surface area contributed by atoms with E-state index in [-0.39, 0.29) is 17.4 Å². The number of nitrogen functional groups attached to an aromatic ring is 1. The van der Waals surface area contributed by atoms with E-state index in [9.17, 15) is 18.0 Å². The van der Waals surface area contributed by atoms with Crippen molar-refractivity contribution in [3.63, 3.8) is 0 Å². The second kappa shape index (κ2) is 6.60. The average Bonchev–Trinajstić information content (AvgIpc) is 2.46. The molecule has 0 bridgehead atoms. The number of carbonyl (C=O) groups is 1. The Morgan fingerprint density at radius 1 is 1.09 bits per heavy atom. The highest BCUT2D eigenvalue weighted by Gasteiger charge is 2.31. The molecule has 0 aromatic heterocycles. The Balaban J connectivity index is 2.01. The van der Waals surface area contributed by atoms with Crippen LogP contribution in [0.3, 0.4) is 0 Å². The number of hydrogen-bond acceptors (Lipinski definition) is 3. The van der Waals surface area contributed by atoms with Gasteiger partial charge in [-0.1, -0.05) is 12.1 Å². The molecule has 0 spiro atoms. The average molecular weight is 324 g/mol. The van der Waals surface area contributed by atoms with Crippen molar-refractivity contribution in [2.75, 3.05) is 5.73 Å². The van der Waals surface area contributed by atoms with Crippen LogP contribution in [0.25, 0.3) is 0 Å². The molecule has 0 saturated heterocycles. The maximum atomic E-state index is 12.1. The molecular weight excluding hydrogens is 309 g/mol. The van der Waals surface area contributed by atoms with E-state index >= 15 is 0 Å². The molecule has 4 nitrogen and oxygen atoms in total. The van der Waals surface area contributed by atoms with E-state index in [2.05, 4.69) is 10.1 Å². The molecule has 23 heavy (non-hydrogen) atoms. The number of alkyl halides is 3. The lowest BCUT2D eigenvalue weighted by molar-refractivity contribution is -0.274. The Bertz CT molecular complexity index is 667. The van der Waals surface area contributed by atoms with E-state index < -0.39 is 12.3 Å². The van der Waals surface area contributed by atoms with Crippen molar-refractivity contribution in [3.8, 4) is 5.75 Å². The summed E-state index contributed by atoms with van der Waals surface area (Å²) in [6.45, 7) is 1.80. The van der Waals surface area contributed by atoms with Crippen LogP contribution < -0.4 is 15.8 Å². The van der Waals surface area contributed by atoms with Gasteiger partial charge in [0.15, 0.2) is 0 Å². The molecular formula is C16H15F3N2O2. The molecule has 0 aliphatic rings. The zero-order valence-corrected chi connectivity index (χ0v) is 12.2. The fourth-order valence-electron chi connectivity index (χ4n) is 1.96. The summed E-state index contributed by atoms with van der Waals surface area (Å²) < 4.78 is 40.0. The van der Waals surface area contributed by atoms with Gasteiger partial charge in [0.25, 0.3) is 5.91 Å². The highest BCUT2D eigenvalue weighted by Crippen LogP contribution is 2.23. The Morgan fingerprint density at radius 2 is 1.65 bits per heavy atom. The van der Waals surface area contributed by atoms with Gasteiger partial charge >= 0.3 is 6.36 Å². The Morgan fingerprint density at radius 3 is 2.17 bits per heavy atom. The van der Waals surface area contributed by atoms with Gasteiger partial charge in [-0.3, -0.25) is 4.79 Å². The minimum Gasteiger partial charge on any atom is -0.406 e. The number of halogens is 3. The van der Waals surface area contributed by atoms with Crippen molar-refractivity contribution in [3.05, 3.63) is 59.7 Å². The molecule has 122 valence electrons. The van der Waals surface area contributed by atoms with Crippen LogP contribution in [0.15, 0.2) is 48.5 Å². The van der Waals surface area contributed by atoms with Crippen LogP contribution in [0.4, 0.5) is 18.9 Å². The topological polar surface area (TPSA) is 64.3 Å². The molecule has 0 heterocycles. The van der Waals surface area contributed by atoms with Crippen molar-refractivity contribution in [1.82, 2.24) is 5.32 Å². The molecule has 0 aliphatic carbocycles. The number of hydrogen-bond donors (Lipinski definition) is 2. The smallest absolute Gasteiger partial charge is 0.406 e. The third-order valence-corrected chi connectivity index (χ3v) is 3.13. The first-order chi connectivity index (χ1) is 10.7. The van der Waals surface area contributed by atoms with E-state index in [4.69, 9.17) is 5.73 Å². The molecule has 0 fully saturated rings. The molecule has 0 saturated carbocycles. The zero-order valence-electron chi connectivity index (χ0n) is 12.2. The number of rotatable bonds is 4. The summed E-state index contributed by atoms with van der Waals surface area (Å²) in [4.78, 5) is 12.1. The van der Waals surface area contributed by atoms with Crippen LogP contribution in [0.5, 0.6) is 5.75 Å². The molecule has 1 atom stereocenters. The molecule has 1 unspecified atom stereocenters. The van der Waals surface area contributed by atoms with Crippen molar-refractivity contribution >= 4 is 11.6 Å². The number of ether oxygens (including phenoxy) is 1. The van der Waals surface area contributed by atoms with E-state index in [1.807, 2.05) is 0 Å². The number of nitrogens with one attached hydrogen (secondary N) is 1. The molecule has 3 N–H and O–H groups in total. The van der Waals surface area contributed by atoms with Crippen molar-refractivity contribution in [1.29, 1.82) is 0 Å². The normalized spacial score (nSPS) is 12.5. The Kier molecular flexibility index (Phi) is 4.78. The molecule has 0 aliphatic heterocycles. The van der Waals surface area contributed by atoms with Crippen LogP contribution in [0, 0.1) is 0 Å². The van der Waals surface area contributed by atoms with E-state index in [0.717, 1.165) is 17.7 Å². The molecule has 2 aromatic rings. The first kappa shape index (κ1) is 16.7. The summed E-state index contributed by atoms with van der Waals surface area (Å²) in [5, 5.41) is 2.76. The summed E-state index contributed by atoms with van der Waals surface area (Å²) >= 11 is 0. The van der Waals surface area contributed by atoms with E-state index in [1.165, 1.54) is 12.1 Å². The quantitative estimate of drug-likeness (QED) is 0.844. The number of benzene rings is 2. The molecule has 2 aromatic carbocycles. The zero-order chi connectivity index (χ0) is 17.0. The summed E-state index contributed by atoms with van der Waals surface area (Å²) in [6.07, 6.45) is -4.76. The van der Waals surface area contributed by atoms with Crippen LogP contribution >= 0.6 is 0 Å². The second-order valence-electron chi connectivity index (χ2n) is 4.93. The van der Waals surface area contributed by atoms with Crippen LogP contribution in [0.2, 0.25) is 0 Å². The molecule has 2 rings (SSSR count). The van der Waals surface area contributed by atoms with Gasteiger partial charge in [0.2, 0.25) is 0 Å². The number of nitrogens with two attached hydrogens (primary N) is 1. The van der Waals surface area contributed by atoms with Gasteiger partial charge in [-0.05, 0) is 48.9 Å². The van der Waals surface area contributed by atoms with Gasteiger partial charge in [-0.15, -0.1) is 13.2 Å². The summed E-state index contributed by atoms with van der Waals surface area (Å²) in [7, 11) is 0. The minimum atomic E-state index is -4.76. The van der Waals surface area contributed by atoms with Crippen LogP contribution in [-0.4, -0.2) is 12.3 Å². The van der Waals surface area contributed by atoms with Gasteiger partial charge in [0, 0.05) is 11.3 Å². The number of amides is 1. The van der Waals surface area contributed by atoms with Crippen molar-refractivity contribution in [2.24, 2.45) is 0 Å². The maximum absolute atomic E-state index is 12.1. The minimum absolute atomic E-state index is 0.238. The van der Waals surface area contributed by atoms with E-state index in [1.54, 1.807) is 31.2 Å². The summed E-state index contributed by atoms with van der Waals surface area (Å²) in [6, 6.07) is 11.5. The second-order valence-corrected chi connectivity index (χ2v) is 4.93. The fraction of sp³-hybridized carbons (Fsp3) is 0.188. The first-order valence-electron chi connectivity index (χ1n) is 6.77. The fourth-order valence-corrected chi connectivity index (χ4v) is 1.96. The van der Waals surface area contributed by atoms with E-state index in [0.29, 0.717) is 5.69 Å². The summed E-state index contributed by atoms with van der Waals surface area (Å²) in [5.74, 6) is -0.770. The standard InChI is InChI=1S/C16H15F3N2O2/c1-10(11-2-6-13(20)7-3-11)21-15(22)12-4-8-14(9-5-12)23-16(17,18)19/h2-10H,20H2,1H3,(H,21,22). The van der Waals surface area contributed by atoms with Gasteiger partial charge < -0.3 is 15.8 Å². The van der Waals surface area contributed by atoms with Gasteiger partial charge in [-0.2, -0.15) is 0 Å². The highest BCUT2D eigenvalue weighted by atomic mass is 19.4. The number of anilines is 1. The largest absolute Gasteiger partial charge is 0.573 e. The molecule has 7 heteroatoms. The predicted molar refractivity (Wildman–Crippen MR) is 79.9 cm³/mol. The van der Waals surface area contributed by atoms with Gasteiger partial charge in [0.05, 0.1) is 6.04 Å². The van der Waals surface area contributed by atoms with Crippen molar-refractivity contribution < 1.29 is 22.7 Å². The summed E-state index contributed by atoms with van der Waals surface area (Å²) in [5.41, 5.74) is 7.32. The lowest BCUT2D eigenvalue weighted by Crippen LogP contribution is -2.26. The predicted octanol–water partition coefficient (Wildman–Crippen LogP) is 3.66. The monoisotopic (exact) mass is 324 g/mol. The number of carbonyl (C=O) groups excluding carboxylic acids is 1. The first-order valence-corrected chi connectivity index (χ1v) is 6.77. The van der Waals surface area contributed by atoms with Crippen LogP contribution in [0.1, 0.15) is 28.9 Å². The molecule has 0 radical (unpaired) electrons. The van der Waals surface area contributed by atoms with Crippen molar-refractivity contribution in [2.45, 2.75) is 19.3 Å². The third-order valence-electron chi connectivity index (χ3n) is 3.13. The Labute approximate surface area is 131 Å². The van der Waals surface area contributed by atoms with Crippen LogP contribution in [-0.2, 0) is 0 Å². The lowest BCUT2D eigenvalue weighted by Gasteiger charge is -2.15. The van der Waals surface area contributed by atoms with Gasteiger partial charge in [0.1, 0.15) is 5.75 Å². The van der Waals surface area contributed by atoms with Gasteiger partial charge in [-0.25, -0.2) is 0 Å². The maximum Gasteiger partial charge on any atom is 0.573 e. The molecule has 1 amide bonds. The lowest BCUT2D eigenvalue weighted by atomic mass is 10.1. The third kappa shape index (κ3) is 4.91.